The SMILES string of the molecule is COC(=O)[C@H](Cc1ccco1)C(=O)N[C@@H]1CCN2CCCC[C@H]12. The molecule has 126 valence electrons. The number of amides is 1. The third-order valence-corrected chi connectivity index (χ3v) is 4.97. The van der Waals surface area contributed by atoms with E-state index in [4.69, 9.17) is 9.15 Å². The molecule has 2 saturated heterocycles. The number of hydrogen-bond acceptors (Lipinski definition) is 5. The van der Waals surface area contributed by atoms with E-state index >= 15 is 0 Å². The van der Waals surface area contributed by atoms with Gasteiger partial charge in [-0.15, -0.1) is 0 Å². The van der Waals surface area contributed by atoms with E-state index in [1.165, 1.54) is 20.0 Å². The van der Waals surface area contributed by atoms with E-state index in [-0.39, 0.29) is 18.4 Å². The van der Waals surface area contributed by atoms with Gasteiger partial charge in [-0.05, 0) is 37.9 Å². The normalized spacial score (nSPS) is 25.6. The number of methoxy groups -OCH3 is 1. The van der Waals surface area contributed by atoms with Crippen molar-refractivity contribution in [1.29, 1.82) is 0 Å². The van der Waals surface area contributed by atoms with Gasteiger partial charge < -0.3 is 14.5 Å². The van der Waals surface area contributed by atoms with Crippen LogP contribution in [0, 0.1) is 5.92 Å². The number of furan rings is 1. The number of carbonyl (C=O) groups excluding carboxylic acids is 2. The first-order valence-electron chi connectivity index (χ1n) is 8.33. The van der Waals surface area contributed by atoms with Gasteiger partial charge >= 0.3 is 5.97 Å². The van der Waals surface area contributed by atoms with Crippen LogP contribution in [0.25, 0.3) is 0 Å². The monoisotopic (exact) mass is 320 g/mol. The third kappa shape index (κ3) is 3.58. The molecule has 0 aromatic carbocycles. The Hall–Kier alpha value is -1.82. The molecule has 0 bridgehead atoms. The molecule has 6 nitrogen and oxygen atoms in total. The maximum atomic E-state index is 12.6. The van der Waals surface area contributed by atoms with Crippen LogP contribution < -0.4 is 5.32 Å². The molecule has 0 saturated carbocycles. The van der Waals surface area contributed by atoms with Crippen LogP contribution in [0.5, 0.6) is 0 Å². The summed E-state index contributed by atoms with van der Waals surface area (Å²) in [5.74, 6) is -1.02. The largest absolute Gasteiger partial charge is 0.469 e. The minimum Gasteiger partial charge on any atom is -0.469 e. The lowest BCUT2D eigenvalue weighted by Gasteiger charge is -2.32. The first-order chi connectivity index (χ1) is 11.2. The Bertz CT molecular complexity index is 543. The number of fused-ring (bicyclic) bond motifs is 1. The number of rotatable bonds is 5. The molecule has 1 aromatic heterocycles. The van der Waals surface area contributed by atoms with Crippen molar-refractivity contribution < 1.29 is 18.7 Å². The second-order valence-electron chi connectivity index (χ2n) is 6.36. The fraction of sp³-hybridized carbons (Fsp3) is 0.647. The molecule has 2 aliphatic heterocycles. The number of piperidine rings is 1. The molecule has 3 rings (SSSR count). The van der Waals surface area contributed by atoms with Gasteiger partial charge in [0.05, 0.1) is 13.4 Å². The fourth-order valence-electron chi connectivity index (χ4n) is 3.75. The van der Waals surface area contributed by atoms with Gasteiger partial charge in [-0.2, -0.15) is 0 Å². The van der Waals surface area contributed by atoms with Crippen LogP contribution in [0.1, 0.15) is 31.4 Å². The Balaban J connectivity index is 1.64. The van der Waals surface area contributed by atoms with Gasteiger partial charge in [0.1, 0.15) is 11.7 Å². The van der Waals surface area contributed by atoms with Crippen LogP contribution in [0.3, 0.4) is 0 Å². The van der Waals surface area contributed by atoms with E-state index in [1.807, 2.05) is 0 Å². The Morgan fingerprint density at radius 2 is 2.26 bits per heavy atom. The summed E-state index contributed by atoms with van der Waals surface area (Å²) in [6.45, 7) is 2.14. The summed E-state index contributed by atoms with van der Waals surface area (Å²) < 4.78 is 10.1. The summed E-state index contributed by atoms with van der Waals surface area (Å²) in [6, 6.07) is 4.06. The zero-order valence-electron chi connectivity index (χ0n) is 13.5. The topological polar surface area (TPSA) is 71.8 Å². The summed E-state index contributed by atoms with van der Waals surface area (Å²) in [6.07, 6.45) is 6.28. The maximum absolute atomic E-state index is 12.6. The molecule has 1 amide bonds. The summed E-state index contributed by atoms with van der Waals surface area (Å²) in [5.41, 5.74) is 0. The van der Waals surface area contributed by atoms with Crippen molar-refractivity contribution in [3.8, 4) is 0 Å². The zero-order chi connectivity index (χ0) is 16.2. The van der Waals surface area contributed by atoms with Gasteiger partial charge in [-0.1, -0.05) is 6.42 Å². The summed E-state index contributed by atoms with van der Waals surface area (Å²) in [5, 5.41) is 3.08. The Morgan fingerprint density at radius 3 is 3.00 bits per heavy atom. The predicted octanol–water partition coefficient (Wildman–Crippen LogP) is 1.35. The molecule has 0 spiro atoms. The predicted molar refractivity (Wildman–Crippen MR) is 83.7 cm³/mol. The molecule has 3 atom stereocenters. The van der Waals surface area contributed by atoms with Crippen molar-refractivity contribution in [3.63, 3.8) is 0 Å². The van der Waals surface area contributed by atoms with Crippen LogP contribution in [0.2, 0.25) is 0 Å². The Kier molecular flexibility index (Phi) is 5.00. The third-order valence-electron chi connectivity index (χ3n) is 4.97. The number of nitrogens with one attached hydrogen (secondary N) is 1. The molecule has 0 aliphatic carbocycles. The van der Waals surface area contributed by atoms with E-state index in [2.05, 4.69) is 10.2 Å². The van der Waals surface area contributed by atoms with E-state index in [1.54, 1.807) is 18.4 Å². The molecular weight excluding hydrogens is 296 g/mol. The van der Waals surface area contributed by atoms with Crippen molar-refractivity contribution in [3.05, 3.63) is 24.2 Å². The first kappa shape index (κ1) is 16.1. The smallest absolute Gasteiger partial charge is 0.318 e. The van der Waals surface area contributed by atoms with E-state index in [0.29, 0.717) is 11.8 Å². The molecule has 0 radical (unpaired) electrons. The Labute approximate surface area is 136 Å². The fourth-order valence-corrected chi connectivity index (χ4v) is 3.75. The van der Waals surface area contributed by atoms with Crippen LogP contribution >= 0.6 is 0 Å². The van der Waals surface area contributed by atoms with Gasteiger partial charge in [0.15, 0.2) is 0 Å². The van der Waals surface area contributed by atoms with Gasteiger partial charge in [0.25, 0.3) is 0 Å². The first-order valence-corrected chi connectivity index (χ1v) is 8.33. The van der Waals surface area contributed by atoms with E-state index in [9.17, 15) is 9.59 Å². The van der Waals surface area contributed by atoms with Crippen molar-refractivity contribution >= 4 is 11.9 Å². The maximum Gasteiger partial charge on any atom is 0.318 e. The molecule has 1 N–H and O–H groups in total. The molecule has 6 heteroatoms. The molecular formula is C17H24N2O4. The molecule has 0 unspecified atom stereocenters. The average Bonchev–Trinajstić information content (AvgIpc) is 3.22. The summed E-state index contributed by atoms with van der Waals surface area (Å²) >= 11 is 0. The molecule has 3 heterocycles. The highest BCUT2D eigenvalue weighted by atomic mass is 16.5. The van der Waals surface area contributed by atoms with Crippen molar-refractivity contribution in [1.82, 2.24) is 10.2 Å². The lowest BCUT2D eigenvalue weighted by atomic mass is 9.97. The van der Waals surface area contributed by atoms with Crippen LogP contribution in [0.15, 0.2) is 22.8 Å². The lowest BCUT2D eigenvalue weighted by molar-refractivity contribution is -0.150. The minimum absolute atomic E-state index is 0.131. The second kappa shape index (κ2) is 7.17. The second-order valence-corrected chi connectivity index (χ2v) is 6.36. The van der Waals surface area contributed by atoms with Crippen molar-refractivity contribution in [2.75, 3.05) is 20.2 Å². The van der Waals surface area contributed by atoms with Crippen molar-refractivity contribution in [2.24, 2.45) is 5.92 Å². The number of hydrogen-bond donors (Lipinski definition) is 1. The number of esters is 1. The van der Waals surface area contributed by atoms with Crippen LogP contribution in [0.4, 0.5) is 0 Å². The quantitative estimate of drug-likeness (QED) is 0.655. The molecule has 1 aromatic rings. The molecule has 2 aliphatic rings. The van der Waals surface area contributed by atoms with Gasteiger partial charge in [-0.3, -0.25) is 14.5 Å². The highest BCUT2D eigenvalue weighted by Crippen LogP contribution is 2.27. The Morgan fingerprint density at radius 1 is 1.39 bits per heavy atom. The van der Waals surface area contributed by atoms with E-state index in [0.717, 1.165) is 25.9 Å². The summed E-state index contributed by atoms with van der Waals surface area (Å²) in [7, 11) is 1.31. The highest BCUT2D eigenvalue weighted by Gasteiger charge is 2.38. The van der Waals surface area contributed by atoms with Crippen molar-refractivity contribution in [2.45, 2.75) is 44.2 Å². The number of carbonyl (C=O) groups is 2. The molecule has 2 fully saturated rings. The van der Waals surface area contributed by atoms with Gasteiger partial charge in [-0.25, -0.2) is 0 Å². The van der Waals surface area contributed by atoms with Gasteiger partial charge in [0.2, 0.25) is 5.91 Å². The average molecular weight is 320 g/mol. The van der Waals surface area contributed by atoms with Crippen LogP contribution in [-0.4, -0.2) is 49.1 Å². The number of nitrogens with zero attached hydrogens (tertiary/aromatic N) is 1. The lowest BCUT2D eigenvalue weighted by Crippen LogP contribution is -2.49. The minimum atomic E-state index is -0.858. The number of ether oxygens (including phenoxy) is 1. The standard InChI is InChI=1S/C17H24N2O4/c1-22-17(21)13(11-12-5-4-10-23-12)16(20)18-14-7-9-19-8-3-2-6-15(14)19/h4-5,10,13-15H,2-3,6-9,11H2,1H3,(H,18,20)/t13-,14-,15-/m1/s1. The zero-order valence-corrected chi connectivity index (χ0v) is 13.5. The summed E-state index contributed by atoms with van der Waals surface area (Å²) in [4.78, 5) is 27.1. The molecule has 23 heavy (non-hydrogen) atoms. The van der Waals surface area contributed by atoms with Crippen LogP contribution in [-0.2, 0) is 20.7 Å². The highest BCUT2D eigenvalue weighted by molar-refractivity contribution is 5.98. The van der Waals surface area contributed by atoms with Gasteiger partial charge in [0, 0.05) is 25.0 Å². The van der Waals surface area contributed by atoms with E-state index < -0.39 is 11.9 Å².